The minimum atomic E-state index is 0.618. The van der Waals surface area contributed by atoms with E-state index in [-0.39, 0.29) is 0 Å². The minimum absolute atomic E-state index is 0.618. The SMILES string of the molecule is Cn1nc(-c2cccc(Br)c2Cl)c(-c2ccccc2)c1N. The molecule has 0 aliphatic carbocycles. The lowest BCUT2D eigenvalue weighted by Crippen LogP contribution is -1.97. The Morgan fingerprint density at radius 3 is 2.52 bits per heavy atom. The number of benzene rings is 2. The van der Waals surface area contributed by atoms with Gasteiger partial charge in [-0.1, -0.05) is 54.1 Å². The molecule has 21 heavy (non-hydrogen) atoms. The summed E-state index contributed by atoms with van der Waals surface area (Å²) >= 11 is 9.86. The van der Waals surface area contributed by atoms with Crippen molar-refractivity contribution < 1.29 is 0 Å². The summed E-state index contributed by atoms with van der Waals surface area (Å²) in [4.78, 5) is 0. The molecule has 106 valence electrons. The number of hydrogen-bond acceptors (Lipinski definition) is 2. The minimum Gasteiger partial charge on any atom is -0.383 e. The van der Waals surface area contributed by atoms with Crippen LogP contribution in [0.15, 0.2) is 53.0 Å². The Kier molecular flexibility index (Phi) is 3.74. The third-order valence-electron chi connectivity index (χ3n) is 3.36. The zero-order valence-corrected chi connectivity index (χ0v) is 13.7. The van der Waals surface area contributed by atoms with Crippen LogP contribution in [-0.4, -0.2) is 9.78 Å². The average Bonchev–Trinajstić information content (AvgIpc) is 2.78. The van der Waals surface area contributed by atoms with Gasteiger partial charge in [0, 0.05) is 17.1 Å². The number of nitrogen functional groups attached to an aromatic ring is 1. The van der Waals surface area contributed by atoms with E-state index in [9.17, 15) is 0 Å². The predicted octanol–water partition coefficient (Wildman–Crippen LogP) is 4.75. The number of hydrogen-bond donors (Lipinski definition) is 1. The average molecular weight is 363 g/mol. The highest BCUT2D eigenvalue weighted by atomic mass is 79.9. The first-order valence-electron chi connectivity index (χ1n) is 6.42. The van der Waals surface area contributed by atoms with Gasteiger partial charge in [0.1, 0.15) is 11.5 Å². The second-order valence-electron chi connectivity index (χ2n) is 4.70. The van der Waals surface area contributed by atoms with Crippen LogP contribution in [0.3, 0.4) is 0 Å². The third-order valence-corrected chi connectivity index (χ3v) is 4.66. The number of aromatic nitrogens is 2. The summed E-state index contributed by atoms with van der Waals surface area (Å²) in [5, 5.41) is 5.18. The lowest BCUT2D eigenvalue weighted by Gasteiger charge is -2.07. The molecule has 5 heteroatoms. The van der Waals surface area contributed by atoms with Crippen molar-refractivity contribution in [3.8, 4) is 22.4 Å². The maximum atomic E-state index is 6.41. The van der Waals surface area contributed by atoms with E-state index in [1.54, 1.807) is 4.68 Å². The van der Waals surface area contributed by atoms with E-state index in [2.05, 4.69) is 21.0 Å². The van der Waals surface area contributed by atoms with Gasteiger partial charge in [0.05, 0.1) is 10.6 Å². The molecule has 0 atom stereocenters. The molecule has 1 heterocycles. The number of aryl methyl sites for hydroxylation is 1. The molecule has 3 rings (SSSR count). The predicted molar refractivity (Wildman–Crippen MR) is 91.2 cm³/mol. The summed E-state index contributed by atoms with van der Waals surface area (Å²) < 4.78 is 2.51. The van der Waals surface area contributed by atoms with Gasteiger partial charge < -0.3 is 5.73 Å². The Labute approximate surface area is 136 Å². The normalized spacial score (nSPS) is 10.8. The van der Waals surface area contributed by atoms with Gasteiger partial charge in [-0.2, -0.15) is 5.10 Å². The quantitative estimate of drug-likeness (QED) is 0.715. The topological polar surface area (TPSA) is 43.8 Å². The van der Waals surface area contributed by atoms with Crippen LogP contribution < -0.4 is 5.73 Å². The number of nitrogens with two attached hydrogens (primary N) is 1. The van der Waals surface area contributed by atoms with Crippen molar-refractivity contribution >= 4 is 33.3 Å². The fourth-order valence-electron chi connectivity index (χ4n) is 2.30. The number of rotatable bonds is 2. The fourth-order valence-corrected chi connectivity index (χ4v) is 2.88. The first kappa shape index (κ1) is 14.2. The van der Waals surface area contributed by atoms with Crippen molar-refractivity contribution in [2.45, 2.75) is 0 Å². The van der Waals surface area contributed by atoms with Crippen LogP contribution in [0.2, 0.25) is 5.02 Å². The van der Waals surface area contributed by atoms with Crippen molar-refractivity contribution in [2.24, 2.45) is 7.05 Å². The van der Waals surface area contributed by atoms with Crippen molar-refractivity contribution in [1.82, 2.24) is 9.78 Å². The molecule has 0 aliphatic heterocycles. The summed E-state index contributed by atoms with van der Waals surface area (Å²) in [7, 11) is 1.83. The summed E-state index contributed by atoms with van der Waals surface area (Å²) in [5.41, 5.74) is 9.77. The molecule has 3 aromatic rings. The van der Waals surface area contributed by atoms with E-state index in [0.29, 0.717) is 10.8 Å². The molecule has 0 radical (unpaired) electrons. The molecule has 3 nitrogen and oxygen atoms in total. The molecule has 2 N–H and O–H groups in total. The van der Waals surface area contributed by atoms with Gasteiger partial charge in [0.15, 0.2) is 0 Å². The number of halogens is 2. The van der Waals surface area contributed by atoms with Crippen molar-refractivity contribution in [3.05, 3.63) is 58.0 Å². The molecule has 0 unspecified atom stereocenters. The molecule has 0 fully saturated rings. The van der Waals surface area contributed by atoms with Crippen molar-refractivity contribution in [2.75, 3.05) is 5.73 Å². The summed E-state index contributed by atoms with van der Waals surface area (Å²) in [6.45, 7) is 0. The second kappa shape index (κ2) is 5.54. The Morgan fingerprint density at radius 2 is 1.81 bits per heavy atom. The Balaban J connectivity index is 2.30. The van der Waals surface area contributed by atoms with E-state index in [1.807, 2.05) is 55.6 Å². The van der Waals surface area contributed by atoms with E-state index in [0.717, 1.165) is 26.9 Å². The summed E-state index contributed by atoms with van der Waals surface area (Å²) in [5.74, 6) is 0.618. The van der Waals surface area contributed by atoms with E-state index < -0.39 is 0 Å². The van der Waals surface area contributed by atoms with Gasteiger partial charge >= 0.3 is 0 Å². The summed E-state index contributed by atoms with van der Waals surface area (Å²) in [6, 6.07) is 15.8. The zero-order valence-electron chi connectivity index (χ0n) is 11.3. The van der Waals surface area contributed by atoms with Crippen LogP contribution in [0.4, 0.5) is 5.82 Å². The van der Waals surface area contributed by atoms with Crippen molar-refractivity contribution in [1.29, 1.82) is 0 Å². The molecular weight excluding hydrogens is 350 g/mol. The summed E-state index contributed by atoms with van der Waals surface area (Å²) in [6.07, 6.45) is 0. The Hall–Kier alpha value is -1.78. The Bertz CT molecular complexity index is 797. The van der Waals surface area contributed by atoms with Gasteiger partial charge in [-0.15, -0.1) is 0 Å². The first-order chi connectivity index (χ1) is 10.1. The van der Waals surface area contributed by atoms with Crippen molar-refractivity contribution in [3.63, 3.8) is 0 Å². The highest BCUT2D eigenvalue weighted by Crippen LogP contribution is 2.40. The van der Waals surface area contributed by atoms with Gasteiger partial charge in [-0.3, -0.25) is 4.68 Å². The molecular formula is C16H13BrClN3. The van der Waals surface area contributed by atoms with Crippen LogP contribution in [0.5, 0.6) is 0 Å². The maximum Gasteiger partial charge on any atom is 0.129 e. The monoisotopic (exact) mass is 361 g/mol. The molecule has 0 spiro atoms. The Morgan fingerprint density at radius 1 is 1.10 bits per heavy atom. The lowest BCUT2D eigenvalue weighted by molar-refractivity contribution is 0.782. The maximum absolute atomic E-state index is 6.41. The second-order valence-corrected chi connectivity index (χ2v) is 5.93. The number of nitrogens with zero attached hydrogens (tertiary/aromatic N) is 2. The van der Waals surface area contributed by atoms with Crippen LogP contribution in [0.25, 0.3) is 22.4 Å². The third kappa shape index (κ3) is 2.45. The molecule has 0 amide bonds. The van der Waals surface area contributed by atoms with Gasteiger partial charge in [-0.05, 0) is 27.6 Å². The van der Waals surface area contributed by atoms with Crippen LogP contribution in [0.1, 0.15) is 0 Å². The molecule has 0 aliphatic rings. The van der Waals surface area contributed by atoms with E-state index in [4.69, 9.17) is 17.3 Å². The van der Waals surface area contributed by atoms with Gasteiger partial charge in [0.2, 0.25) is 0 Å². The number of anilines is 1. The highest BCUT2D eigenvalue weighted by Gasteiger charge is 2.19. The largest absolute Gasteiger partial charge is 0.383 e. The highest BCUT2D eigenvalue weighted by molar-refractivity contribution is 9.10. The van der Waals surface area contributed by atoms with Crippen LogP contribution >= 0.6 is 27.5 Å². The smallest absolute Gasteiger partial charge is 0.129 e. The van der Waals surface area contributed by atoms with Crippen LogP contribution in [0, 0.1) is 0 Å². The molecule has 0 saturated carbocycles. The molecule has 1 aromatic heterocycles. The van der Waals surface area contributed by atoms with E-state index in [1.165, 1.54) is 0 Å². The van der Waals surface area contributed by atoms with Crippen LogP contribution in [-0.2, 0) is 7.05 Å². The first-order valence-corrected chi connectivity index (χ1v) is 7.59. The van der Waals surface area contributed by atoms with Gasteiger partial charge in [0.25, 0.3) is 0 Å². The molecule has 0 saturated heterocycles. The van der Waals surface area contributed by atoms with E-state index >= 15 is 0 Å². The molecule has 0 bridgehead atoms. The fraction of sp³-hybridized carbons (Fsp3) is 0.0625. The van der Waals surface area contributed by atoms with Gasteiger partial charge in [-0.25, -0.2) is 0 Å². The molecule has 2 aromatic carbocycles. The lowest BCUT2D eigenvalue weighted by atomic mass is 10.0. The standard InChI is InChI=1S/C16H13BrClN3/c1-21-16(19)13(10-6-3-2-4-7-10)15(20-21)11-8-5-9-12(17)14(11)18/h2-9H,19H2,1H3. The zero-order chi connectivity index (χ0) is 15.0.